The molecule has 0 aliphatic carbocycles. The number of halogens is 1. The zero-order valence-corrected chi connectivity index (χ0v) is 21.6. The van der Waals surface area contributed by atoms with Crippen LogP contribution in [0.25, 0.3) is 0 Å². The number of rotatable bonds is 12. The summed E-state index contributed by atoms with van der Waals surface area (Å²) in [7, 11) is 3.80. The van der Waals surface area contributed by atoms with E-state index in [9.17, 15) is 4.39 Å². The van der Waals surface area contributed by atoms with E-state index in [4.69, 9.17) is 0 Å². The summed E-state index contributed by atoms with van der Waals surface area (Å²) in [4.78, 5) is 6.90. The topological polar surface area (TPSA) is 27.6 Å². The molecule has 0 aromatic heterocycles. The fourth-order valence-corrected chi connectivity index (χ4v) is 3.83. The van der Waals surface area contributed by atoms with E-state index in [-0.39, 0.29) is 11.5 Å². The van der Waals surface area contributed by atoms with Crippen LogP contribution in [-0.4, -0.2) is 43.6 Å². The number of nitrogens with zero attached hydrogens (tertiary/aromatic N) is 2. The molecule has 30 heavy (non-hydrogen) atoms. The highest BCUT2D eigenvalue weighted by Gasteiger charge is 2.20. The number of allylic oxidation sites excluding steroid dienone is 5. The number of nitrogens with one attached hydrogen (secondary N) is 1. The number of hydrogen-bond donors (Lipinski definition) is 1. The van der Waals surface area contributed by atoms with E-state index in [2.05, 4.69) is 82.9 Å². The minimum Gasteiger partial charge on any atom is -0.378 e. The van der Waals surface area contributed by atoms with Crippen molar-refractivity contribution in [1.29, 1.82) is 0 Å². The fraction of sp³-hybridized carbons (Fsp3) is 0.731. The van der Waals surface area contributed by atoms with Gasteiger partial charge in [-0.3, -0.25) is 10.3 Å². The van der Waals surface area contributed by atoms with E-state index in [0.29, 0.717) is 5.71 Å². The second kappa shape index (κ2) is 13.8. The van der Waals surface area contributed by atoms with Gasteiger partial charge in [0, 0.05) is 19.3 Å². The Morgan fingerprint density at radius 1 is 1.10 bits per heavy atom. The van der Waals surface area contributed by atoms with E-state index < -0.39 is 6.30 Å². The van der Waals surface area contributed by atoms with Crippen molar-refractivity contribution < 1.29 is 4.39 Å². The van der Waals surface area contributed by atoms with Crippen LogP contribution in [0.1, 0.15) is 88.0 Å². The number of alkyl halides is 1. The molecular weight excluding hydrogens is 373 g/mol. The molecule has 0 fully saturated rings. The predicted molar refractivity (Wildman–Crippen MR) is 133 cm³/mol. The lowest BCUT2D eigenvalue weighted by atomic mass is 9.82. The quantitative estimate of drug-likeness (QED) is 0.207. The SMILES string of the molecule is CCCN(C)/C(C)=C(/C/C=C(\CC)C(=CC(C)/N=C(\C)C(F)NC)CC)C(C)(C)C. The van der Waals surface area contributed by atoms with Crippen LogP contribution in [0.5, 0.6) is 0 Å². The summed E-state index contributed by atoms with van der Waals surface area (Å²) < 4.78 is 13.8. The van der Waals surface area contributed by atoms with Crippen molar-refractivity contribution in [3.63, 3.8) is 0 Å². The first kappa shape index (κ1) is 28.6. The predicted octanol–water partition coefficient (Wildman–Crippen LogP) is 7.08. The van der Waals surface area contributed by atoms with Crippen molar-refractivity contribution in [2.45, 2.75) is 100 Å². The Morgan fingerprint density at radius 2 is 1.67 bits per heavy atom. The van der Waals surface area contributed by atoms with Crippen LogP contribution in [0.2, 0.25) is 0 Å². The molecule has 0 bridgehead atoms. The van der Waals surface area contributed by atoms with Crippen molar-refractivity contribution in [2.75, 3.05) is 20.6 Å². The lowest BCUT2D eigenvalue weighted by Crippen LogP contribution is -2.28. The van der Waals surface area contributed by atoms with Crippen molar-refractivity contribution in [3.05, 3.63) is 34.6 Å². The second-order valence-electron chi connectivity index (χ2n) is 9.23. The third-order valence-corrected chi connectivity index (χ3v) is 5.67. The Balaban J connectivity index is 5.88. The number of hydrogen-bond acceptors (Lipinski definition) is 3. The maximum absolute atomic E-state index is 13.8. The van der Waals surface area contributed by atoms with Gasteiger partial charge in [0.1, 0.15) is 0 Å². The molecular formula is C26H48FN3. The fourth-order valence-electron chi connectivity index (χ4n) is 3.83. The largest absolute Gasteiger partial charge is 0.378 e. The second-order valence-corrected chi connectivity index (χ2v) is 9.23. The van der Waals surface area contributed by atoms with Gasteiger partial charge in [0.25, 0.3) is 0 Å². The van der Waals surface area contributed by atoms with Gasteiger partial charge in [0.05, 0.1) is 11.8 Å². The Hall–Kier alpha value is -1.42. The summed E-state index contributed by atoms with van der Waals surface area (Å²) in [6.07, 6.45) is 7.44. The maximum atomic E-state index is 13.8. The van der Waals surface area contributed by atoms with Gasteiger partial charge in [-0.15, -0.1) is 0 Å². The first-order valence-electron chi connectivity index (χ1n) is 11.6. The molecule has 4 heteroatoms. The molecule has 0 aliphatic rings. The Kier molecular flexibility index (Phi) is 13.1. The summed E-state index contributed by atoms with van der Waals surface area (Å²) >= 11 is 0. The van der Waals surface area contributed by atoms with Gasteiger partial charge in [0.15, 0.2) is 6.30 Å². The third-order valence-electron chi connectivity index (χ3n) is 5.67. The van der Waals surface area contributed by atoms with Crippen LogP contribution in [0.15, 0.2) is 39.6 Å². The lowest BCUT2D eigenvalue weighted by Gasteiger charge is -2.30. The first-order chi connectivity index (χ1) is 13.9. The lowest BCUT2D eigenvalue weighted by molar-refractivity contribution is 0.377. The first-order valence-corrected chi connectivity index (χ1v) is 11.6. The molecule has 0 heterocycles. The minimum atomic E-state index is -1.19. The Morgan fingerprint density at radius 3 is 2.10 bits per heavy atom. The molecule has 2 atom stereocenters. The molecule has 0 amide bonds. The third kappa shape index (κ3) is 9.59. The van der Waals surface area contributed by atoms with Gasteiger partial charge >= 0.3 is 0 Å². The Bertz CT molecular complexity index is 635. The zero-order chi connectivity index (χ0) is 23.5. The molecule has 0 saturated heterocycles. The van der Waals surface area contributed by atoms with E-state index in [0.717, 1.165) is 32.2 Å². The number of aliphatic imine (C=N–C) groups is 1. The van der Waals surface area contributed by atoms with Gasteiger partial charge in [-0.25, -0.2) is 4.39 Å². The van der Waals surface area contributed by atoms with Crippen LogP contribution >= 0.6 is 0 Å². The Labute approximate surface area is 186 Å². The zero-order valence-electron chi connectivity index (χ0n) is 21.6. The molecule has 0 aliphatic heterocycles. The van der Waals surface area contributed by atoms with Crippen molar-refractivity contribution >= 4 is 5.71 Å². The summed E-state index contributed by atoms with van der Waals surface area (Å²) in [6.45, 7) is 20.6. The smallest absolute Gasteiger partial charge is 0.189 e. The molecule has 3 nitrogen and oxygen atoms in total. The van der Waals surface area contributed by atoms with Crippen LogP contribution in [0.3, 0.4) is 0 Å². The molecule has 0 saturated carbocycles. The minimum absolute atomic E-state index is 0.0449. The van der Waals surface area contributed by atoms with Crippen LogP contribution in [-0.2, 0) is 0 Å². The van der Waals surface area contributed by atoms with Gasteiger partial charge < -0.3 is 4.90 Å². The summed E-state index contributed by atoms with van der Waals surface area (Å²) in [6, 6.07) is -0.0449. The average molecular weight is 422 g/mol. The standard InChI is InChI=1S/C26H48FN3/c1-12-17-30(11)21(6)24(26(7,8)9)16-15-22(13-2)23(14-3)18-19(4)29-20(5)25(27)28-10/h15,18-19,25,28H,12-14,16-17H2,1-11H3/b22-15+,23-18?,24-21-,29-20+. The molecule has 0 spiro atoms. The van der Waals surface area contributed by atoms with E-state index >= 15 is 0 Å². The maximum Gasteiger partial charge on any atom is 0.189 e. The van der Waals surface area contributed by atoms with Crippen LogP contribution < -0.4 is 5.32 Å². The van der Waals surface area contributed by atoms with E-state index in [1.54, 1.807) is 14.0 Å². The molecule has 0 radical (unpaired) electrons. The van der Waals surface area contributed by atoms with Crippen molar-refractivity contribution in [3.8, 4) is 0 Å². The molecule has 0 rings (SSSR count). The molecule has 1 N–H and O–H groups in total. The van der Waals surface area contributed by atoms with Gasteiger partial charge in [-0.05, 0) is 75.6 Å². The summed E-state index contributed by atoms with van der Waals surface area (Å²) in [5, 5.41) is 2.61. The highest BCUT2D eigenvalue weighted by atomic mass is 19.1. The van der Waals surface area contributed by atoms with Gasteiger partial charge in [0.2, 0.25) is 0 Å². The molecule has 0 aromatic carbocycles. The van der Waals surface area contributed by atoms with Crippen LogP contribution in [0.4, 0.5) is 4.39 Å². The monoisotopic (exact) mass is 421 g/mol. The average Bonchev–Trinajstić information content (AvgIpc) is 2.67. The van der Waals surface area contributed by atoms with Gasteiger partial charge in [-0.2, -0.15) is 0 Å². The summed E-state index contributed by atoms with van der Waals surface area (Å²) in [5.41, 5.74) is 6.16. The van der Waals surface area contributed by atoms with Crippen molar-refractivity contribution in [2.24, 2.45) is 10.4 Å². The highest BCUT2D eigenvalue weighted by molar-refractivity contribution is 5.86. The molecule has 174 valence electrons. The highest BCUT2D eigenvalue weighted by Crippen LogP contribution is 2.33. The molecule has 0 aromatic rings. The van der Waals surface area contributed by atoms with Crippen LogP contribution in [0, 0.1) is 5.41 Å². The summed E-state index contributed by atoms with van der Waals surface area (Å²) in [5.74, 6) is 0. The normalized spacial score (nSPS) is 17.0. The van der Waals surface area contributed by atoms with E-state index in [1.807, 2.05) is 6.92 Å². The van der Waals surface area contributed by atoms with Crippen molar-refractivity contribution in [1.82, 2.24) is 10.2 Å². The molecule has 2 unspecified atom stereocenters. The van der Waals surface area contributed by atoms with Gasteiger partial charge in [-0.1, -0.05) is 53.7 Å². The van der Waals surface area contributed by atoms with E-state index in [1.165, 1.54) is 22.4 Å².